The molecule has 0 unspecified atom stereocenters. The van der Waals surface area contributed by atoms with E-state index in [-0.39, 0.29) is 0 Å². The van der Waals surface area contributed by atoms with E-state index in [0.29, 0.717) is 10.7 Å². The molecule has 1 aromatic carbocycles. The molecule has 0 spiro atoms. The van der Waals surface area contributed by atoms with Crippen molar-refractivity contribution in [3.63, 3.8) is 0 Å². The Morgan fingerprint density at radius 3 is 2.33 bits per heavy atom. The van der Waals surface area contributed by atoms with E-state index in [4.69, 9.17) is 20.9 Å². The standard InChI is InChI=1S/C16H18BClFN3O2/c1-15(2)16(3,4)24-17(23-15)14(19)9-12-10-22(21-20-12)13-7-5-11(18)6-8-13/h5-10H,1-4H3. The lowest BCUT2D eigenvalue weighted by Gasteiger charge is -2.32. The van der Waals surface area contributed by atoms with Gasteiger partial charge in [0.05, 0.1) is 23.1 Å². The molecular formula is C16H18BClFN3O2. The maximum atomic E-state index is 14.5. The van der Waals surface area contributed by atoms with Crippen molar-refractivity contribution in [2.45, 2.75) is 38.9 Å². The Kier molecular flexibility index (Phi) is 4.27. The van der Waals surface area contributed by atoms with Gasteiger partial charge in [-0.15, -0.1) is 5.10 Å². The van der Waals surface area contributed by atoms with E-state index in [1.807, 2.05) is 27.7 Å². The fourth-order valence-electron chi connectivity index (χ4n) is 2.23. The zero-order valence-corrected chi connectivity index (χ0v) is 14.7. The van der Waals surface area contributed by atoms with E-state index < -0.39 is 24.0 Å². The van der Waals surface area contributed by atoms with Crippen LogP contribution in [0.15, 0.2) is 36.2 Å². The summed E-state index contributed by atoms with van der Waals surface area (Å²) in [7, 11) is -1.05. The highest BCUT2D eigenvalue weighted by atomic mass is 35.5. The first-order chi connectivity index (χ1) is 11.2. The molecule has 126 valence electrons. The third-order valence-electron chi connectivity index (χ3n) is 4.37. The monoisotopic (exact) mass is 349 g/mol. The lowest BCUT2D eigenvalue weighted by atomic mass is 9.87. The van der Waals surface area contributed by atoms with Crippen molar-refractivity contribution >= 4 is 24.8 Å². The Morgan fingerprint density at radius 2 is 1.75 bits per heavy atom. The lowest BCUT2D eigenvalue weighted by Crippen LogP contribution is -2.41. The van der Waals surface area contributed by atoms with Crippen molar-refractivity contribution < 1.29 is 13.7 Å². The number of benzene rings is 1. The van der Waals surface area contributed by atoms with Gasteiger partial charge >= 0.3 is 7.12 Å². The van der Waals surface area contributed by atoms with Gasteiger partial charge in [0.1, 0.15) is 11.4 Å². The van der Waals surface area contributed by atoms with Gasteiger partial charge in [-0.2, -0.15) is 0 Å². The summed E-state index contributed by atoms with van der Waals surface area (Å²) in [6.45, 7) is 7.49. The summed E-state index contributed by atoms with van der Waals surface area (Å²) in [5.41, 5.74) is -0.579. The number of rotatable bonds is 3. The topological polar surface area (TPSA) is 49.2 Å². The minimum Gasteiger partial charge on any atom is -0.398 e. The van der Waals surface area contributed by atoms with Crippen LogP contribution in [0.2, 0.25) is 5.02 Å². The van der Waals surface area contributed by atoms with Crippen molar-refractivity contribution in [3.8, 4) is 5.69 Å². The normalized spacial score (nSPS) is 19.8. The third kappa shape index (κ3) is 3.24. The highest BCUT2D eigenvalue weighted by Gasteiger charge is 2.53. The fraction of sp³-hybridized carbons (Fsp3) is 0.375. The smallest absolute Gasteiger partial charge is 0.398 e. The van der Waals surface area contributed by atoms with Crippen LogP contribution in [0.25, 0.3) is 11.8 Å². The molecule has 1 aliphatic rings. The Hall–Kier alpha value is -1.70. The van der Waals surface area contributed by atoms with Gasteiger partial charge in [-0.1, -0.05) is 16.8 Å². The number of hydrogen-bond acceptors (Lipinski definition) is 4. The van der Waals surface area contributed by atoms with E-state index in [2.05, 4.69) is 10.3 Å². The van der Waals surface area contributed by atoms with Crippen LogP contribution in [0.5, 0.6) is 0 Å². The van der Waals surface area contributed by atoms with Gasteiger partial charge in [0.15, 0.2) is 0 Å². The van der Waals surface area contributed by atoms with Gasteiger partial charge in [-0.25, -0.2) is 9.07 Å². The molecular weight excluding hydrogens is 331 g/mol. The summed E-state index contributed by atoms with van der Waals surface area (Å²) >= 11 is 5.86. The molecule has 2 aromatic rings. The maximum Gasteiger partial charge on any atom is 0.525 e. The Balaban J connectivity index is 1.79. The average Bonchev–Trinajstić information content (AvgIpc) is 3.02. The van der Waals surface area contributed by atoms with Gasteiger partial charge in [-0.05, 0) is 58.0 Å². The van der Waals surface area contributed by atoms with E-state index in [9.17, 15) is 4.39 Å². The second-order valence-corrected chi connectivity index (χ2v) is 7.12. The van der Waals surface area contributed by atoms with Crippen molar-refractivity contribution in [1.29, 1.82) is 0 Å². The number of aromatic nitrogens is 3. The molecule has 0 bridgehead atoms. The van der Waals surface area contributed by atoms with Crippen molar-refractivity contribution in [1.82, 2.24) is 15.0 Å². The van der Waals surface area contributed by atoms with Gasteiger partial charge in [-0.3, -0.25) is 0 Å². The van der Waals surface area contributed by atoms with Crippen LogP contribution < -0.4 is 0 Å². The maximum absolute atomic E-state index is 14.5. The van der Waals surface area contributed by atoms with Crippen molar-refractivity contribution in [3.05, 3.63) is 46.9 Å². The second kappa shape index (κ2) is 5.99. The number of nitrogens with zero attached hydrogens (tertiary/aromatic N) is 3. The zero-order valence-electron chi connectivity index (χ0n) is 14.0. The molecule has 8 heteroatoms. The van der Waals surface area contributed by atoms with Crippen LogP contribution >= 0.6 is 11.6 Å². The first-order valence-electron chi connectivity index (χ1n) is 7.59. The van der Waals surface area contributed by atoms with E-state index in [1.54, 1.807) is 35.1 Å². The molecule has 0 N–H and O–H groups in total. The van der Waals surface area contributed by atoms with Crippen LogP contribution in [0.4, 0.5) is 4.39 Å². The molecule has 24 heavy (non-hydrogen) atoms. The van der Waals surface area contributed by atoms with Crippen molar-refractivity contribution in [2.75, 3.05) is 0 Å². The van der Waals surface area contributed by atoms with Gasteiger partial charge in [0.25, 0.3) is 0 Å². The Labute approximate surface area is 145 Å². The third-order valence-corrected chi connectivity index (χ3v) is 4.62. The van der Waals surface area contributed by atoms with Crippen LogP contribution in [0, 0.1) is 0 Å². The highest BCUT2D eigenvalue weighted by Crippen LogP contribution is 2.38. The molecule has 2 heterocycles. The highest BCUT2D eigenvalue weighted by molar-refractivity contribution is 6.54. The second-order valence-electron chi connectivity index (χ2n) is 6.68. The lowest BCUT2D eigenvalue weighted by molar-refractivity contribution is 0.00578. The van der Waals surface area contributed by atoms with E-state index in [0.717, 1.165) is 5.69 Å². The quantitative estimate of drug-likeness (QED) is 0.790. The predicted molar refractivity (Wildman–Crippen MR) is 91.5 cm³/mol. The summed E-state index contributed by atoms with van der Waals surface area (Å²) in [5.74, 6) is 0. The molecule has 0 saturated carbocycles. The largest absolute Gasteiger partial charge is 0.525 e. The van der Waals surface area contributed by atoms with E-state index >= 15 is 0 Å². The Bertz CT molecular complexity index is 758. The summed E-state index contributed by atoms with van der Waals surface area (Å²) in [4.78, 5) is 0. The van der Waals surface area contributed by atoms with Gasteiger partial charge in [0, 0.05) is 5.02 Å². The van der Waals surface area contributed by atoms with Gasteiger partial charge in [0.2, 0.25) is 0 Å². The first kappa shape index (κ1) is 17.1. The molecule has 1 aromatic heterocycles. The average molecular weight is 350 g/mol. The summed E-state index contributed by atoms with van der Waals surface area (Å²) in [6.07, 6.45) is 2.88. The summed E-state index contributed by atoms with van der Waals surface area (Å²) in [5, 5.41) is 8.57. The van der Waals surface area contributed by atoms with Crippen LogP contribution in [-0.4, -0.2) is 33.3 Å². The molecule has 0 aliphatic carbocycles. The summed E-state index contributed by atoms with van der Waals surface area (Å²) < 4.78 is 27.3. The van der Waals surface area contributed by atoms with Crippen LogP contribution in [0.3, 0.4) is 0 Å². The molecule has 0 amide bonds. The van der Waals surface area contributed by atoms with Crippen molar-refractivity contribution in [2.24, 2.45) is 0 Å². The van der Waals surface area contributed by atoms with Gasteiger partial charge < -0.3 is 9.31 Å². The molecule has 3 rings (SSSR count). The number of halogens is 2. The molecule has 0 atom stereocenters. The zero-order chi connectivity index (χ0) is 17.5. The molecule has 1 saturated heterocycles. The number of hydrogen-bond donors (Lipinski definition) is 0. The predicted octanol–water partition coefficient (Wildman–Crippen LogP) is 3.86. The molecule has 0 radical (unpaired) electrons. The molecule has 1 aliphatic heterocycles. The molecule has 1 fully saturated rings. The van der Waals surface area contributed by atoms with Crippen LogP contribution in [-0.2, 0) is 9.31 Å². The first-order valence-corrected chi connectivity index (χ1v) is 7.97. The minimum absolute atomic E-state index is 0.372. The SMILES string of the molecule is CC1(C)OB(C(F)=Cc2cn(-c3ccc(Cl)cc3)nn2)OC1(C)C. The van der Waals surface area contributed by atoms with Crippen LogP contribution in [0.1, 0.15) is 33.4 Å². The fourth-order valence-corrected chi connectivity index (χ4v) is 2.35. The minimum atomic E-state index is -1.05. The molecule has 5 nitrogen and oxygen atoms in total. The Morgan fingerprint density at radius 1 is 1.17 bits per heavy atom. The summed E-state index contributed by atoms with van der Waals surface area (Å²) in [6, 6.07) is 7.10. The van der Waals surface area contributed by atoms with E-state index in [1.165, 1.54) is 6.08 Å².